The molecule has 0 saturated carbocycles. The molecule has 2 amide bonds. The lowest BCUT2D eigenvalue weighted by Crippen LogP contribution is -2.53. The number of hydrogen-bond donors (Lipinski definition) is 2. The zero-order valence-corrected chi connectivity index (χ0v) is 12.8. The number of esters is 1. The second-order valence-electron chi connectivity index (χ2n) is 5.60. The molecule has 1 heterocycles. The van der Waals surface area contributed by atoms with Crippen LogP contribution in [0.2, 0.25) is 0 Å². The van der Waals surface area contributed by atoms with Crippen molar-refractivity contribution in [3.8, 4) is 0 Å². The van der Waals surface area contributed by atoms with Crippen molar-refractivity contribution in [1.29, 1.82) is 0 Å². The van der Waals surface area contributed by atoms with E-state index in [2.05, 4.69) is 5.32 Å². The fourth-order valence-electron chi connectivity index (χ4n) is 2.46. The number of urea groups is 1. The number of methoxy groups -OCH3 is 1. The number of likely N-dealkylation sites (tertiary alicyclic amines) is 1. The number of carbonyl (C=O) groups excluding carboxylic acids is 2. The highest BCUT2D eigenvalue weighted by atomic mass is 16.5. The zero-order valence-electron chi connectivity index (χ0n) is 12.8. The summed E-state index contributed by atoms with van der Waals surface area (Å²) in [6.07, 6.45) is 2.27. The predicted molar refractivity (Wildman–Crippen MR) is 75.7 cm³/mol. The van der Waals surface area contributed by atoms with E-state index in [0.29, 0.717) is 13.0 Å². The van der Waals surface area contributed by atoms with Crippen LogP contribution in [0.4, 0.5) is 4.79 Å². The summed E-state index contributed by atoms with van der Waals surface area (Å²) in [4.78, 5) is 36.4. The second-order valence-corrected chi connectivity index (χ2v) is 5.60. The number of piperidine rings is 1. The molecule has 0 spiro atoms. The van der Waals surface area contributed by atoms with Gasteiger partial charge >= 0.3 is 18.0 Å². The molecule has 0 aromatic rings. The van der Waals surface area contributed by atoms with Crippen LogP contribution in [0.25, 0.3) is 0 Å². The van der Waals surface area contributed by atoms with Crippen LogP contribution in [-0.4, -0.2) is 54.2 Å². The number of carbonyl (C=O) groups is 3. The smallest absolute Gasteiger partial charge is 0.328 e. The SMILES string of the molecule is COC(=O)C1CCCCN1C(=O)NCC(C(=O)O)C(C)C. The van der Waals surface area contributed by atoms with E-state index in [9.17, 15) is 14.4 Å². The van der Waals surface area contributed by atoms with Crippen LogP contribution < -0.4 is 5.32 Å². The minimum Gasteiger partial charge on any atom is -0.481 e. The normalized spacial score (nSPS) is 20.0. The highest BCUT2D eigenvalue weighted by Crippen LogP contribution is 2.18. The first-order valence-corrected chi connectivity index (χ1v) is 7.23. The number of nitrogens with zero attached hydrogens (tertiary/aromatic N) is 1. The van der Waals surface area contributed by atoms with Gasteiger partial charge in [-0.2, -0.15) is 0 Å². The van der Waals surface area contributed by atoms with Crippen LogP contribution in [0.3, 0.4) is 0 Å². The third-order valence-electron chi connectivity index (χ3n) is 3.83. The first-order valence-electron chi connectivity index (χ1n) is 7.23. The summed E-state index contributed by atoms with van der Waals surface area (Å²) >= 11 is 0. The molecule has 7 heteroatoms. The Balaban J connectivity index is 2.64. The van der Waals surface area contributed by atoms with Crippen LogP contribution in [0.1, 0.15) is 33.1 Å². The number of carboxylic acid groups (broad SMARTS) is 1. The lowest BCUT2D eigenvalue weighted by atomic mass is 9.96. The molecule has 1 rings (SSSR count). The fraction of sp³-hybridized carbons (Fsp3) is 0.786. The Labute approximate surface area is 124 Å². The average molecular weight is 300 g/mol. The molecule has 0 aromatic carbocycles. The van der Waals surface area contributed by atoms with Crippen LogP contribution in [-0.2, 0) is 14.3 Å². The Hall–Kier alpha value is -1.79. The van der Waals surface area contributed by atoms with Gasteiger partial charge in [-0.05, 0) is 25.2 Å². The van der Waals surface area contributed by atoms with Gasteiger partial charge in [0.15, 0.2) is 0 Å². The lowest BCUT2D eigenvalue weighted by molar-refractivity contribution is -0.147. The van der Waals surface area contributed by atoms with Gasteiger partial charge in [-0.15, -0.1) is 0 Å². The number of hydrogen-bond acceptors (Lipinski definition) is 4. The van der Waals surface area contributed by atoms with Gasteiger partial charge in [0.05, 0.1) is 13.0 Å². The summed E-state index contributed by atoms with van der Waals surface area (Å²) in [6, 6.07) is -0.983. The zero-order chi connectivity index (χ0) is 16.0. The van der Waals surface area contributed by atoms with Gasteiger partial charge in [0.2, 0.25) is 0 Å². The summed E-state index contributed by atoms with van der Waals surface area (Å²) in [5, 5.41) is 11.7. The number of rotatable bonds is 5. The molecule has 21 heavy (non-hydrogen) atoms. The van der Waals surface area contributed by atoms with Crippen LogP contribution >= 0.6 is 0 Å². The maximum atomic E-state index is 12.2. The molecule has 1 aliphatic heterocycles. The van der Waals surface area contributed by atoms with Gasteiger partial charge in [0, 0.05) is 13.1 Å². The Morgan fingerprint density at radius 3 is 2.52 bits per heavy atom. The van der Waals surface area contributed by atoms with E-state index >= 15 is 0 Å². The van der Waals surface area contributed by atoms with Crippen molar-refractivity contribution in [1.82, 2.24) is 10.2 Å². The quantitative estimate of drug-likeness (QED) is 0.741. The second kappa shape index (κ2) is 7.85. The van der Waals surface area contributed by atoms with Crippen molar-refractivity contribution in [2.24, 2.45) is 11.8 Å². The Morgan fingerprint density at radius 1 is 1.33 bits per heavy atom. The molecule has 1 saturated heterocycles. The Bertz CT molecular complexity index is 397. The molecule has 2 N–H and O–H groups in total. The maximum Gasteiger partial charge on any atom is 0.328 e. The van der Waals surface area contributed by atoms with E-state index in [1.807, 2.05) is 0 Å². The molecule has 0 bridgehead atoms. The van der Waals surface area contributed by atoms with E-state index in [4.69, 9.17) is 9.84 Å². The van der Waals surface area contributed by atoms with Gasteiger partial charge in [0.1, 0.15) is 6.04 Å². The van der Waals surface area contributed by atoms with Crippen molar-refractivity contribution in [2.75, 3.05) is 20.2 Å². The molecule has 0 aromatic heterocycles. The van der Waals surface area contributed by atoms with Crippen LogP contribution in [0, 0.1) is 11.8 Å². The monoisotopic (exact) mass is 300 g/mol. The van der Waals surface area contributed by atoms with Crippen LogP contribution in [0.5, 0.6) is 0 Å². The summed E-state index contributed by atoms with van der Waals surface area (Å²) in [7, 11) is 1.30. The number of nitrogens with one attached hydrogen (secondary N) is 1. The molecule has 2 unspecified atom stereocenters. The third kappa shape index (κ3) is 4.61. The van der Waals surface area contributed by atoms with Gasteiger partial charge in [-0.1, -0.05) is 13.8 Å². The highest BCUT2D eigenvalue weighted by molar-refractivity contribution is 5.84. The molecule has 1 aliphatic rings. The van der Waals surface area contributed by atoms with Crippen molar-refractivity contribution in [3.63, 3.8) is 0 Å². The maximum absolute atomic E-state index is 12.2. The molecule has 0 aliphatic carbocycles. The summed E-state index contributed by atoms with van der Waals surface area (Å²) < 4.78 is 4.72. The van der Waals surface area contributed by atoms with Crippen molar-refractivity contribution < 1.29 is 24.2 Å². The standard InChI is InChI=1S/C14H24N2O5/c1-9(2)10(12(17)18)8-15-14(20)16-7-5-4-6-11(16)13(19)21-3/h9-11H,4-8H2,1-3H3,(H,15,20)(H,17,18). The number of aliphatic carboxylic acids is 1. The van der Waals surface area contributed by atoms with E-state index in [0.717, 1.165) is 12.8 Å². The van der Waals surface area contributed by atoms with Gasteiger partial charge in [-0.25, -0.2) is 9.59 Å². The molecule has 7 nitrogen and oxygen atoms in total. The number of ether oxygens (including phenoxy) is 1. The third-order valence-corrected chi connectivity index (χ3v) is 3.83. The Kier molecular flexibility index (Phi) is 6.45. The minimum absolute atomic E-state index is 0.0518. The highest BCUT2D eigenvalue weighted by Gasteiger charge is 2.33. The molecule has 2 atom stereocenters. The van der Waals surface area contributed by atoms with E-state index in [1.165, 1.54) is 12.0 Å². The topological polar surface area (TPSA) is 95.9 Å². The number of carboxylic acids is 1. The lowest BCUT2D eigenvalue weighted by Gasteiger charge is -2.34. The first-order chi connectivity index (χ1) is 9.88. The largest absolute Gasteiger partial charge is 0.481 e. The molecule has 0 radical (unpaired) electrons. The van der Waals surface area contributed by atoms with Gasteiger partial charge in [0.25, 0.3) is 0 Å². The van der Waals surface area contributed by atoms with E-state index in [-0.39, 0.29) is 12.5 Å². The van der Waals surface area contributed by atoms with E-state index < -0.39 is 29.9 Å². The van der Waals surface area contributed by atoms with Crippen LogP contribution in [0.15, 0.2) is 0 Å². The van der Waals surface area contributed by atoms with Gasteiger partial charge in [-0.3, -0.25) is 4.79 Å². The van der Waals surface area contributed by atoms with Crippen molar-refractivity contribution >= 4 is 18.0 Å². The molecule has 1 fully saturated rings. The van der Waals surface area contributed by atoms with Crippen molar-refractivity contribution in [3.05, 3.63) is 0 Å². The average Bonchev–Trinajstić information content (AvgIpc) is 2.45. The molecular weight excluding hydrogens is 276 g/mol. The predicted octanol–water partition coefficient (Wildman–Crippen LogP) is 1.08. The molecule has 120 valence electrons. The van der Waals surface area contributed by atoms with Gasteiger partial charge < -0.3 is 20.1 Å². The minimum atomic E-state index is -0.937. The fourth-order valence-corrected chi connectivity index (χ4v) is 2.46. The summed E-state index contributed by atoms with van der Waals surface area (Å²) in [5.41, 5.74) is 0. The Morgan fingerprint density at radius 2 is 2.00 bits per heavy atom. The van der Waals surface area contributed by atoms with Crippen molar-refractivity contribution in [2.45, 2.75) is 39.2 Å². The molecular formula is C14H24N2O5. The summed E-state index contributed by atoms with van der Waals surface area (Å²) in [5.74, 6) is -2.09. The first kappa shape index (κ1) is 17.3. The van der Waals surface area contributed by atoms with E-state index in [1.54, 1.807) is 13.8 Å². The number of amides is 2. The summed E-state index contributed by atoms with van der Waals surface area (Å²) in [6.45, 7) is 4.12.